The molecule has 1 fully saturated rings. The molecular formula is C14H18O2. The highest BCUT2D eigenvalue weighted by Gasteiger charge is 2.22. The maximum Gasteiger partial charge on any atom is 0.119 e. The molecule has 0 aliphatic heterocycles. The Hall–Kier alpha value is -1.02. The van der Waals surface area contributed by atoms with Crippen LogP contribution < -0.4 is 4.74 Å². The zero-order valence-corrected chi connectivity index (χ0v) is 9.48. The molecule has 3 rings (SSSR count). The Balaban J connectivity index is 1.75. The van der Waals surface area contributed by atoms with Crippen molar-refractivity contribution >= 4 is 0 Å². The van der Waals surface area contributed by atoms with E-state index >= 15 is 0 Å². The van der Waals surface area contributed by atoms with Gasteiger partial charge in [0.05, 0.1) is 12.7 Å². The van der Waals surface area contributed by atoms with Gasteiger partial charge in [0.2, 0.25) is 0 Å². The van der Waals surface area contributed by atoms with E-state index in [9.17, 15) is 5.11 Å². The summed E-state index contributed by atoms with van der Waals surface area (Å²) in [6, 6.07) is 6.14. The molecule has 16 heavy (non-hydrogen) atoms. The number of benzene rings is 1. The number of aliphatic hydroxyl groups excluding tert-OH is 1. The molecule has 2 nitrogen and oxygen atoms in total. The molecule has 86 valence electrons. The summed E-state index contributed by atoms with van der Waals surface area (Å²) >= 11 is 0. The summed E-state index contributed by atoms with van der Waals surface area (Å²) in [5.74, 6) is 1.77. The number of rotatable bonds is 3. The number of hydrogen-bond acceptors (Lipinski definition) is 2. The zero-order chi connectivity index (χ0) is 11.0. The molecule has 0 amide bonds. The van der Waals surface area contributed by atoms with Crippen LogP contribution in [0.1, 0.15) is 42.9 Å². The first-order chi connectivity index (χ1) is 7.83. The topological polar surface area (TPSA) is 29.5 Å². The van der Waals surface area contributed by atoms with Crippen molar-refractivity contribution in [3.8, 4) is 5.75 Å². The van der Waals surface area contributed by atoms with Crippen molar-refractivity contribution in [1.82, 2.24) is 0 Å². The van der Waals surface area contributed by atoms with Crippen molar-refractivity contribution in [2.75, 3.05) is 6.61 Å². The van der Waals surface area contributed by atoms with Gasteiger partial charge in [0, 0.05) is 0 Å². The fourth-order valence-electron chi connectivity index (χ4n) is 2.35. The van der Waals surface area contributed by atoms with Gasteiger partial charge >= 0.3 is 0 Å². The minimum absolute atomic E-state index is 0.263. The first kappa shape index (κ1) is 10.2. The van der Waals surface area contributed by atoms with Crippen molar-refractivity contribution in [3.63, 3.8) is 0 Å². The van der Waals surface area contributed by atoms with Crippen LogP contribution in [0.25, 0.3) is 0 Å². The van der Waals surface area contributed by atoms with Gasteiger partial charge in [-0.05, 0) is 61.3 Å². The smallest absolute Gasteiger partial charge is 0.119 e. The van der Waals surface area contributed by atoms with Crippen molar-refractivity contribution in [3.05, 3.63) is 29.3 Å². The Morgan fingerprint density at radius 2 is 2.12 bits per heavy atom. The van der Waals surface area contributed by atoms with E-state index in [1.165, 1.54) is 18.4 Å². The molecule has 2 heteroatoms. The van der Waals surface area contributed by atoms with E-state index in [0.717, 1.165) is 43.1 Å². The van der Waals surface area contributed by atoms with Crippen LogP contribution in [0, 0.1) is 5.92 Å². The third-order valence-electron chi connectivity index (χ3n) is 3.58. The van der Waals surface area contributed by atoms with Gasteiger partial charge in [-0.15, -0.1) is 0 Å². The van der Waals surface area contributed by atoms with Crippen molar-refractivity contribution in [1.29, 1.82) is 0 Å². The number of aliphatic hydroxyl groups is 1. The van der Waals surface area contributed by atoms with Crippen LogP contribution >= 0.6 is 0 Å². The van der Waals surface area contributed by atoms with Gasteiger partial charge in [0.15, 0.2) is 0 Å². The van der Waals surface area contributed by atoms with E-state index in [2.05, 4.69) is 6.07 Å². The van der Waals surface area contributed by atoms with Gasteiger partial charge in [-0.2, -0.15) is 0 Å². The molecule has 0 heterocycles. The quantitative estimate of drug-likeness (QED) is 0.845. The van der Waals surface area contributed by atoms with E-state index in [0.29, 0.717) is 0 Å². The maximum absolute atomic E-state index is 9.84. The summed E-state index contributed by atoms with van der Waals surface area (Å²) in [7, 11) is 0. The van der Waals surface area contributed by atoms with Crippen LogP contribution in [-0.4, -0.2) is 11.7 Å². The van der Waals surface area contributed by atoms with E-state index in [-0.39, 0.29) is 6.10 Å². The average Bonchev–Trinajstić information content (AvgIpc) is 3.10. The lowest BCUT2D eigenvalue weighted by Gasteiger charge is -2.21. The predicted octanol–water partition coefficient (Wildman–Crippen LogP) is 2.85. The molecule has 0 aromatic heterocycles. The summed E-state index contributed by atoms with van der Waals surface area (Å²) in [4.78, 5) is 0. The van der Waals surface area contributed by atoms with E-state index < -0.39 is 0 Å². The number of fused-ring (bicyclic) bond motifs is 1. The molecule has 1 atom stereocenters. The highest BCUT2D eigenvalue weighted by Crippen LogP contribution is 2.33. The molecule has 1 saturated carbocycles. The normalized spacial score (nSPS) is 23.9. The van der Waals surface area contributed by atoms with E-state index in [4.69, 9.17) is 4.74 Å². The van der Waals surface area contributed by atoms with Gasteiger partial charge in [0.25, 0.3) is 0 Å². The minimum Gasteiger partial charge on any atom is -0.493 e. The highest BCUT2D eigenvalue weighted by atomic mass is 16.5. The second kappa shape index (κ2) is 4.10. The van der Waals surface area contributed by atoms with Crippen molar-refractivity contribution in [2.45, 2.75) is 38.2 Å². The van der Waals surface area contributed by atoms with Gasteiger partial charge in [0.1, 0.15) is 5.75 Å². The van der Waals surface area contributed by atoms with Crippen LogP contribution in [-0.2, 0) is 6.42 Å². The van der Waals surface area contributed by atoms with Crippen LogP contribution in [0.3, 0.4) is 0 Å². The lowest BCUT2D eigenvalue weighted by atomic mass is 9.89. The predicted molar refractivity (Wildman–Crippen MR) is 62.6 cm³/mol. The molecule has 0 saturated heterocycles. The van der Waals surface area contributed by atoms with Gasteiger partial charge in [-0.25, -0.2) is 0 Å². The summed E-state index contributed by atoms with van der Waals surface area (Å²) in [5.41, 5.74) is 2.37. The maximum atomic E-state index is 9.84. The Bertz CT molecular complexity index is 382. The summed E-state index contributed by atoms with van der Waals surface area (Å²) in [6.07, 6.45) is 5.44. The van der Waals surface area contributed by atoms with Crippen LogP contribution in [0.5, 0.6) is 5.75 Å². The summed E-state index contributed by atoms with van der Waals surface area (Å²) in [6.45, 7) is 0.862. The number of aryl methyl sites for hydroxylation is 1. The average molecular weight is 218 g/mol. The van der Waals surface area contributed by atoms with Crippen LogP contribution in [0.2, 0.25) is 0 Å². The fraction of sp³-hybridized carbons (Fsp3) is 0.571. The summed E-state index contributed by atoms with van der Waals surface area (Å²) < 4.78 is 5.75. The molecule has 0 bridgehead atoms. The Morgan fingerprint density at radius 3 is 2.94 bits per heavy atom. The second-order valence-electron chi connectivity index (χ2n) is 5.02. The molecule has 2 aliphatic rings. The zero-order valence-electron chi connectivity index (χ0n) is 9.48. The molecule has 1 aromatic rings. The standard InChI is InChI=1S/C14H18O2/c15-14-3-1-2-11-8-12(6-7-13(11)14)16-9-10-4-5-10/h6-8,10,14-15H,1-5,9H2. The molecule has 1 unspecified atom stereocenters. The third-order valence-corrected chi connectivity index (χ3v) is 3.58. The van der Waals surface area contributed by atoms with Gasteiger partial charge in [-0.3, -0.25) is 0 Å². The van der Waals surface area contributed by atoms with Gasteiger partial charge < -0.3 is 9.84 Å². The highest BCUT2D eigenvalue weighted by molar-refractivity contribution is 5.38. The number of hydrogen-bond donors (Lipinski definition) is 1. The molecule has 2 aliphatic carbocycles. The Kier molecular flexibility index (Phi) is 2.60. The largest absolute Gasteiger partial charge is 0.493 e. The molecule has 0 spiro atoms. The van der Waals surface area contributed by atoms with Crippen LogP contribution in [0.15, 0.2) is 18.2 Å². The van der Waals surface area contributed by atoms with E-state index in [1.54, 1.807) is 0 Å². The first-order valence-corrected chi connectivity index (χ1v) is 6.26. The Morgan fingerprint density at radius 1 is 1.25 bits per heavy atom. The molecule has 1 N–H and O–H groups in total. The van der Waals surface area contributed by atoms with Crippen molar-refractivity contribution < 1.29 is 9.84 Å². The van der Waals surface area contributed by atoms with Gasteiger partial charge in [-0.1, -0.05) is 6.07 Å². The molecule has 0 radical (unpaired) electrons. The van der Waals surface area contributed by atoms with E-state index in [1.807, 2.05) is 12.1 Å². The lowest BCUT2D eigenvalue weighted by molar-refractivity contribution is 0.156. The second-order valence-corrected chi connectivity index (χ2v) is 5.02. The third kappa shape index (κ3) is 2.07. The SMILES string of the molecule is OC1CCCc2cc(OCC3CC3)ccc21. The minimum atomic E-state index is -0.263. The lowest BCUT2D eigenvalue weighted by Crippen LogP contribution is -2.09. The molecule has 1 aromatic carbocycles. The Labute approximate surface area is 96.2 Å². The van der Waals surface area contributed by atoms with Crippen molar-refractivity contribution in [2.24, 2.45) is 5.92 Å². The first-order valence-electron chi connectivity index (χ1n) is 6.26. The number of ether oxygens (including phenoxy) is 1. The summed E-state index contributed by atoms with van der Waals surface area (Å²) in [5, 5.41) is 9.84. The fourth-order valence-corrected chi connectivity index (χ4v) is 2.35. The molecular weight excluding hydrogens is 200 g/mol. The van der Waals surface area contributed by atoms with Crippen LogP contribution in [0.4, 0.5) is 0 Å². The monoisotopic (exact) mass is 218 g/mol.